The third-order valence-corrected chi connectivity index (χ3v) is 2.35. The van der Waals surface area contributed by atoms with E-state index < -0.39 is 6.04 Å². The molecule has 0 fully saturated rings. The van der Waals surface area contributed by atoms with Gasteiger partial charge in [-0.3, -0.25) is 0 Å². The Labute approximate surface area is 102 Å². The molecule has 0 spiro atoms. The van der Waals surface area contributed by atoms with Crippen molar-refractivity contribution in [3.05, 3.63) is 29.8 Å². The minimum atomic E-state index is -0.426. The lowest BCUT2D eigenvalue weighted by Crippen LogP contribution is -2.36. The Bertz CT molecular complexity index is 406. The molecule has 2 amide bonds. The van der Waals surface area contributed by atoms with E-state index in [4.69, 9.17) is 5.26 Å². The molecule has 4 nitrogen and oxygen atoms in total. The topological polar surface area (TPSA) is 64.9 Å². The highest BCUT2D eigenvalue weighted by Gasteiger charge is 2.09. The zero-order valence-corrected chi connectivity index (χ0v) is 10.2. The lowest BCUT2D eigenvalue weighted by Gasteiger charge is -2.11. The first-order valence-electron chi connectivity index (χ1n) is 5.69. The minimum absolute atomic E-state index is 0.339. The number of carbonyl (C=O) groups is 1. The first-order chi connectivity index (χ1) is 8.15. The first-order valence-corrected chi connectivity index (χ1v) is 5.69. The molecule has 0 aromatic heterocycles. The molecular formula is C13H17N3O. The number of benzene rings is 1. The number of carbonyl (C=O) groups excluding carboxylic acids is 1. The van der Waals surface area contributed by atoms with Crippen LogP contribution in [0.1, 0.15) is 25.3 Å². The summed E-state index contributed by atoms with van der Waals surface area (Å²) in [6.07, 6.45) is 1.53. The van der Waals surface area contributed by atoms with Gasteiger partial charge >= 0.3 is 6.03 Å². The number of aryl methyl sites for hydroxylation is 1. The average Bonchev–Trinajstić information content (AvgIpc) is 2.31. The molecule has 0 aliphatic heterocycles. The maximum atomic E-state index is 11.6. The Morgan fingerprint density at radius 1 is 1.41 bits per heavy atom. The van der Waals surface area contributed by atoms with E-state index in [1.807, 2.05) is 38.1 Å². The molecule has 1 aromatic carbocycles. The van der Waals surface area contributed by atoms with E-state index in [9.17, 15) is 4.79 Å². The first kappa shape index (κ1) is 13.0. The van der Waals surface area contributed by atoms with E-state index >= 15 is 0 Å². The highest BCUT2D eigenvalue weighted by molar-refractivity contribution is 5.89. The van der Waals surface area contributed by atoms with Gasteiger partial charge in [0.15, 0.2) is 0 Å². The van der Waals surface area contributed by atoms with E-state index in [0.717, 1.165) is 17.7 Å². The predicted octanol–water partition coefficient (Wildman–Crippen LogP) is 2.81. The van der Waals surface area contributed by atoms with Gasteiger partial charge in [0.1, 0.15) is 6.04 Å². The van der Waals surface area contributed by atoms with Crippen LogP contribution in [0, 0.1) is 18.3 Å². The van der Waals surface area contributed by atoms with Crippen LogP contribution >= 0.6 is 0 Å². The maximum absolute atomic E-state index is 11.6. The summed E-state index contributed by atoms with van der Waals surface area (Å²) < 4.78 is 0. The van der Waals surface area contributed by atoms with Crippen LogP contribution in [0.25, 0.3) is 0 Å². The summed E-state index contributed by atoms with van der Waals surface area (Å²) in [5.74, 6) is 0. The van der Waals surface area contributed by atoms with Crippen molar-refractivity contribution >= 4 is 11.7 Å². The molecule has 1 atom stereocenters. The second-order valence-corrected chi connectivity index (χ2v) is 3.93. The molecule has 0 heterocycles. The number of nitriles is 1. The van der Waals surface area contributed by atoms with Crippen molar-refractivity contribution in [2.24, 2.45) is 0 Å². The van der Waals surface area contributed by atoms with Gasteiger partial charge in [-0.25, -0.2) is 4.79 Å². The summed E-state index contributed by atoms with van der Waals surface area (Å²) in [5.41, 5.74) is 1.86. The number of nitrogens with zero attached hydrogens (tertiary/aromatic N) is 1. The second kappa shape index (κ2) is 6.54. The summed E-state index contributed by atoms with van der Waals surface area (Å²) >= 11 is 0. The van der Waals surface area contributed by atoms with Crippen LogP contribution in [0.2, 0.25) is 0 Å². The van der Waals surface area contributed by atoms with Crippen molar-refractivity contribution in [2.45, 2.75) is 32.7 Å². The molecule has 1 rings (SSSR count). The normalized spacial score (nSPS) is 11.4. The Balaban J connectivity index is 2.49. The largest absolute Gasteiger partial charge is 0.322 e. The number of anilines is 1. The van der Waals surface area contributed by atoms with E-state index in [-0.39, 0.29) is 6.03 Å². The van der Waals surface area contributed by atoms with Crippen LogP contribution in [-0.4, -0.2) is 12.1 Å². The van der Waals surface area contributed by atoms with Crippen LogP contribution < -0.4 is 10.6 Å². The van der Waals surface area contributed by atoms with Gasteiger partial charge in [0.25, 0.3) is 0 Å². The fraction of sp³-hybridized carbons (Fsp3) is 0.385. The Kier molecular flexibility index (Phi) is 5.02. The van der Waals surface area contributed by atoms with Crippen molar-refractivity contribution < 1.29 is 4.79 Å². The van der Waals surface area contributed by atoms with Gasteiger partial charge in [-0.1, -0.05) is 31.0 Å². The Hall–Kier alpha value is -2.02. The van der Waals surface area contributed by atoms with Gasteiger partial charge in [-0.15, -0.1) is 0 Å². The number of urea groups is 1. The van der Waals surface area contributed by atoms with Crippen molar-refractivity contribution in [3.63, 3.8) is 0 Å². The predicted molar refractivity (Wildman–Crippen MR) is 67.6 cm³/mol. The number of nitrogens with one attached hydrogen (secondary N) is 2. The molecule has 0 aliphatic carbocycles. The third kappa shape index (κ3) is 4.56. The smallest absolute Gasteiger partial charge is 0.320 e. The molecule has 0 aliphatic rings. The quantitative estimate of drug-likeness (QED) is 0.836. The van der Waals surface area contributed by atoms with Crippen LogP contribution in [0.15, 0.2) is 24.3 Å². The molecule has 0 bridgehead atoms. The highest BCUT2D eigenvalue weighted by Crippen LogP contribution is 2.08. The summed E-state index contributed by atoms with van der Waals surface area (Å²) in [6.45, 7) is 3.96. The van der Waals surface area contributed by atoms with E-state index in [1.165, 1.54) is 0 Å². The lowest BCUT2D eigenvalue weighted by molar-refractivity contribution is 0.250. The molecule has 1 unspecified atom stereocenters. The Morgan fingerprint density at radius 2 is 2.06 bits per heavy atom. The van der Waals surface area contributed by atoms with Gasteiger partial charge < -0.3 is 10.6 Å². The molecule has 17 heavy (non-hydrogen) atoms. The summed E-state index contributed by atoms with van der Waals surface area (Å²) in [4.78, 5) is 11.6. The lowest BCUT2D eigenvalue weighted by atomic mass is 10.2. The molecular weight excluding hydrogens is 214 g/mol. The SMILES string of the molecule is CCCC(C#N)NC(=O)Nc1ccc(C)cc1. The molecule has 0 radical (unpaired) electrons. The second-order valence-electron chi connectivity index (χ2n) is 3.93. The van der Waals surface area contributed by atoms with Crippen molar-refractivity contribution in [1.82, 2.24) is 5.32 Å². The molecule has 0 saturated carbocycles. The fourth-order valence-electron chi connectivity index (χ4n) is 1.42. The molecule has 2 N–H and O–H groups in total. The number of rotatable bonds is 4. The van der Waals surface area contributed by atoms with Crippen LogP contribution in [-0.2, 0) is 0 Å². The summed E-state index contributed by atoms with van der Waals surface area (Å²) in [7, 11) is 0. The van der Waals surface area contributed by atoms with Gasteiger partial charge in [0.2, 0.25) is 0 Å². The zero-order valence-electron chi connectivity index (χ0n) is 10.2. The standard InChI is InChI=1S/C13H17N3O/c1-3-4-12(9-14)16-13(17)15-11-7-5-10(2)6-8-11/h5-8,12H,3-4H2,1-2H3,(H2,15,16,17). The maximum Gasteiger partial charge on any atom is 0.320 e. The molecule has 1 aromatic rings. The van der Waals surface area contributed by atoms with Gasteiger partial charge in [-0.05, 0) is 25.5 Å². The molecule has 4 heteroatoms. The van der Waals surface area contributed by atoms with Crippen molar-refractivity contribution in [1.29, 1.82) is 5.26 Å². The summed E-state index contributed by atoms with van der Waals surface area (Å²) in [5, 5.41) is 14.1. The van der Waals surface area contributed by atoms with Crippen LogP contribution in [0.4, 0.5) is 10.5 Å². The Morgan fingerprint density at radius 3 is 2.59 bits per heavy atom. The van der Waals surface area contributed by atoms with E-state index in [1.54, 1.807) is 0 Å². The van der Waals surface area contributed by atoms with E-state index in [2.05, 4.69) is 16.7 Å². The monoisotopic (exact) mass is 231 g/mol. The van der Waals surface area contributed by atoms with Gasteiger partial charge in [0.05, 0.1) is 6.07 Å². The minimum Gasteiger partial charge on any atom is -0.322 e. The summed E-state index contributed by atoms with van der Waals surface area (Å²) in [6, 6.07) is 8.79. The number of hydrogen-bond acceptors (Lipinski definition) is 2. The fourth-order valence-corrected chi connectivity index (χ4v) is 1.42. The van der Waals surface area contributed by atoms with Gasteiger partial charge in [0, 0.05) is 5.69 Å². The van der Waals surface area contributed by atoms with Crippen molar-refractivity contribution in [3.8, 4) is 6.07 Å². The van der Waals surface area contributed by atoms with Gasteiger partial charge in [-0.2, -0.15) is 5.26 Å². The molecule has 0 saturated heterocycles. The van der Waals surface area contributed by atoms with Crippen molar-refractivity contribution in [2.75, 3.05) is 5.32 Å². The van der Waals surface area contributed by atoms with Crippen LogP contribution in [0.5, 0.6) is 0 Å². The van der Waals surface area contributed by atoms with Crippen LogP contribution in [0.3, 0.4) is 0 Å². The highest BCUT2D eigenvalue weighted by atomic mass is 16.2. The average molecular weight is 231 g/mol. The zero-order chi connectivity index (χ0) is 12.7. The number of amides is 2. The third-order valence-electron chi connectivity index (χ3n) is 2.35. The van der Waals surface area contributed by atoms with E-state index in [0.29, 0.717) is 6.42 Å². The molecule has 90 valence electrons. The number of hydrogen-bond donors (Lipinski definition) is 2.